The zero-order chi connectivity index (χ0) is 18.2. The smallest absolute Gasteiger partial charge is 0.382 e. The van der Waals surface area contributed by atoms with Crippen molar-refractivity contribution in [3.8, 4) is 0 Å². The number of β-amino-alcohol motifs (C(OH)–C–C–N with tert-alkyl or cyclic N) is 1. The number of alkyl halides is 3. The predicted molar refractivity (Wildman–Crippen MR) is 85.6 cm³/mol. The number of piperidine rings is 1. The van der Waals surface area contributed by atoms with Gasteiger partial charge in [-0.2, -0.15) is 17.7 Å². The zero-order valence-corrected chi connectivity index (χ0v) is 14.1. The Hall–Kier alpha value is -1.94. The van der Waals surface area contributed by atoms with Crippen LogP contribution in [0, 0.1) is 0 Å². The number of aromatic nitrogens is 4. The second-order valence-corrected chi connectivity index (χ2v) is 6.55. The standard InChI is InChI=1S/C15H21F3N6O/c1-22(2)13-4-3-12-19-20-14(24(12)21-13)10-5-7-23(8-6-10)9-11(25)15(16,17)18/h3-4,10-11,25H,5-9H2,1-2H3. The largest absolute Gasteiger partial charge is 0.415 e. The van der Waals surface area contributed by atoms with E-state index < -0.39 is 12.3 Å². The summed E-state index contributed by atoms with van der Waals surface area (Å²) in [5.41, 5.74) is 0.649. The summed E-state index contributed by atoms with van der Waals surface area (Å²) in [6, 6.07) is 3.70. The Labute approximate surface area is 143 Å². The molecule has 10 heteroatoms. The third-order valence-corrected chi connectivity index (χ3v) is 4.49. The van der Waals surface area contributed by atoms with Gasteiger partial charge in [0.25, 0.3) is 0 Å². The number of fused-ring (bicyclic) bond motifs is 1. The second-order valence-electron chi connectivity index (χ2n) is 6.55. The van der Waals surface area contributed by atoms with E-state index in [9.17, 15) is 18.3 Å². The van der Waals surface area contributed by atoms with Crippen LogP contribution in [0.1, 0.15) is 24.6 Å². The van der Waals surface area contributed by atoms with Gasteiger partial charge in [-0.3, -0.25) is 0 Å². The lowest BCUT2D eigenvalue weighted by atomic mass is 9.96. The van der Waals surface area contributed by atoms with E-state index in [-0.39, 0.29) is 12.5 Å². The highest BCUT2D eigenvalue weighted by Crippen LogP contribution is 2.28. The van der Waals surface area contributed by atoms with Gasteiger partial charge in [-0.25, -0.2) is 0 Å². The Bertz CT molecular complexity index is 724. The van der Waals surface area contributed by atoms with Crippen LogP contribution in [0.5, 0.6) is 0 Å². The average Bonchev–Trinajstić information content (AvgIpc) is 2.97. The molecular weight excluding hydrogens is 337 g/mol. The van der Waals surface area contributed by atoms with Gasteiger partial charge >= 0.3 is 6.18 Å². The highest BCUT2D eigenvalue weighted by Gasteiger charge is 2.39. The molecule has 1 aliphatic heterocycles. The quantitative estimate of drug-likeness (QED) is 0.888. The molecule has 7 nitrogen and oxygen atoms in total. The lowest BCUT2D eigenvalue weighted by molar-refractivity contribution is -0.208. The number of anilines is 1. The summed E-state index contributed by atoms with van der Waals surface area (Å²) in [6.45, 7) is 0.556. The van der Waals surface area contributed by atoms with Gasteiger partial charge in [-0.1, -0.05) is 0 Å². The molecule has 0 amide bonds. The molecule has 0 aromatic carbocycles. The fourth-order valence-electron chi connectivity index (χ4n) is 3.01. The summed E-state index contributed by atoms with van der Waals surface area (Å²) in [5.74, 6) is 1.59. The number of hydrogen-bond acceptors (Lipinski definition) is 6. The van der Waals surface area contributed by atoms with Crippen LogP contribution < -0.4 is 4.90 Å². The normalized spacial score (nSPS) is 18.6. The lowest BCUT2D eigenvalue weighted by Gasteiger charge is -2.32. The lowest BCUT2D eigenvalue weighted by Crippen LogP contribution is -2.44. The Morgan fingerprint density at radius 3 is 2.52 bits per heavy atom. The highest BCUT2D eigenvalue weighted by atomic mass is 19.4. The first-order valence-corrected chi connectivity index (χ1v) is 8.12. The van der Waals surface area contributed by atoms with Gasteiger partial charge in [0.15, 0.2) is 17.6 Å². The Balaban J connectivity index is 1.69. The van der Waals surface area contributed by atoms with Crippen LogP contribution >= 0.6 is 0 Å². The molecule has 3 heterocycles. The van der Waals surface area contributed by atoms with Crippen molar-refractivity contribution < 1.29 is 18.3 Å². The van der Waals surface area contributed by atoms with E-state index in [0.717, 1.165) is 11.6 Å². The average molecular weight is 358 g/mol. The van der Waals surface area contributed by atoms with Crippen LogP contribution in [0.25, 0.3) is 5.65 Å². The summed E-state index contributed by atoms with van der Waals surface area (Å²) in [6.07, 6.45) is -5.58. The van der Waals surface area contributed by atoms with Gasteiger partial charge in [0.2, 0.25) is 0 Å². The predicted octanol–water partition coefficient (Wildman–Crippen LogP) is 1.29. The van der Waals surface area contributed by atoms with Gasteiger partial charge in [0, 0.05) is 26.6 Å². The first-order chi connectivity index (χ1) is 11.8. The zero-order valence-electron chi connectivity index (χ0n) is 14.1. The molecule has 25 heavy (non-hydrogen) atoms. The van der Waals surface area contributed by atoms with E-state index in [4.69, 9.17) is 0 Å². The van der Waals surface area contributed by atoms with Crippen molar-refractivity contribution in [2.45, 2.75) is 31.0 Å². The Kier molecular flexibility index (Phi) is 4.83. The third-order valence-electron chi connectivity index (χ3n) is 4.49. The number of nitrogens with zero attached hydrogens (tertiary/aromatic N) is 6. The molecule has 1 N–H and O–H groups in total. The molecule has 1 atom stereocenters. The van der Waals surface area contributed by atoms with E-state index in [1.54, 1.807) is 9.42 Å². The third kappa shape index (κ3) is 3.84. The maximum absolute atomic E-state index is 12.5. The van der Waals surface area contributed by atoms with E-state index in [0.29, 0.717) is 31.6 Å². The minimum atomic E-state index is -4.58. The van der Waals surface area contributed by atoms with E-state index in [1.165, 1.54) is 0 Å². The number of likely N-dealkylation sites (tertiary alicyclic amines) is 1. The summed E-state index contributed by atoms with van der Waals surface area (Å²) in [4.78, 5) is 3.51. The Morgan fingerprint density at radius 1 is 1.24 bits per heavy atom. The van der Waals surface area contributed by atoms with Crippen LogP contribution in [0.15, 0.2) is 12.1 Å². The minimum Gasteiger partial charge on any atom is -0.382 e. The van der Waals surface area contributed by atoms with Crippen molar-refractivity contribution in [2.24, 2.45) is 0 Å². The van der Waals surface area contributed by atoms with E-state index in [1.807, 2.05) is 31.1 Å². The monoisotopic (exact) mass is 358 g/mol. The first-order valence-electron chi connectivity index (χ1n) is 8.12. The van der Waals surface area contributed by atoms with E-state index >= 15 is 0 Å². The number of aliphatic hydroxyl groups excluding tert-OH is 1. The SMILES string of the molecule is CN(C)c1ccc2nnc(C3CCN(CC(O)C(F)(F)F)CC3)n2n1. The molecule has 0 radical (unpaired) electrons. The minimum absolute atomic E-state index is 0.0826. The Morgan fingerprint density at radius 2 is 1.92 bits per heavy atom. The van der Waals surface area contributed by atoms with Crippen LogP contribution in [0.4, 0.5) is 19.0 Å². The van der Waals surface area contributed by atoms with Crippen LogP contribution in [0.3, 0.4) is 0 Å². The fraction of sp³-hybridized carbons (Fsp3) is 0.667. The van der Waals surface area contributed by atoms with Crippen LogP contribution in [-0.2, 0) is 0 Å². The number of hydrogen-bond donors (Lipinski definition) is 1. The highest BCUT2D eigenvalue weighted by molar-refractivity contribution is 5.45. The maximum Gasteiger partial charge on any atom is 0.415 e. The van der Waals surface area contributed by atoms with Crippen molar-refractivity contribution in [3.05, 3.63) is 18.0 Å². The second kappa shape index (κ2) is 6.75. The van der Waals surface area contributed by atoms with Gasteiger partial charge in [0.05, 0.1) is 0 Å². The molecule has 1 fully saturated rings. The van der Waals surface area contributed by atoms with E-state index in [2.05, 4.69) is 15.3 Å². The molecule has 0 spiro atoms. The summed E-state index contributed by atoms with van der Waals surface area (Å²) >= 11 is 0. The molecule has 0 saturated carbocycles. The molecule has 138 valence electrons. The van der Waals surface area contributed by atoms with Crippen LogP contribution in [0.2, 0.25) is 0 Å². The van der Waals surface area contributed by atoms with Gasteiger partial charge < -0.3 is 14.9 Å². The van der Waals surface area contributed by atoms with Gasteiger partial charge in [-0.15, -0.1) is 15.3 Å². The molecule has 0 bridgehead atoms. The maximum atomic E-state index is 12.5. The number of halogens is 3. The summed E-state index contributed by atoms with van der Waals surface area (Å²) in [5, 5.41) is 22.1. The van der Waals surface area contributed by atoms with Crippen molar-refractivity contribution in [3.63, 3.8) is 0 Å². The van der Waals surface area contributed by atoms with Gasteiger partial charge in [-0.05, 0) is 38.1 Å². The fourth-order valence-corrected chi connectivity index (χ4v) is 3.01. The topological polar surface area (TPSA) is 69.8 Å². The molecule has 2 aromatic heterocycles. The molecule has 1 saturated heterocycles. The summed E-state index contributed by atoms with van der Waals surface area (Å²) < 4.78 is 39.1. The molecule has 1 unspecified atom stereocenters. The number of rotatable bonds is 4. The van der Waals surface area contributed by atoms with Crippen molar-refractivity contribution in [1.29, 1.82) is 0 Å². The number of aliphatic hydroxyl groups is 1. The van der Waals surface area contributed by atoms with Gasteiger partial charge in [0.1, 0.15) is 5.82 Å². The molecule has 1 aliphatic rings. The molecule has 3 rings (SSSR count). The first kappa shape index (κ1) is 17.9. The van der Waals surface area contributed by atoms with Crippen molar-refractivity contribution in [1.82, 2.24) is 24.7 Å². The molecular formula is C15H21F3N6O. The van der Waals surface area contributed by atoms with Crippen molar-refractivity contribution in [2.75, 3.05) is 38.6 Å². The summed E-state index contributed by atoms with van der Waals surface area (Å²) in [7, 11) is 3.78. The molecule has 2 aromatic rings. The van der Waals surface area contributed by atoms with Crippen LogP contribution in [-0.4, -0.2) is 75.8 Å². The molecule has 0 aliphatic carbocycles. The van der Waals surface area contributed by atoms with Crippen molar-refractivity contribution >= 4 is 11.5 Å².